The molecule has 0 spiro atoms. The van der Waals surface area contributed by atoms with Crippen LogP contribution in [0.3, 0.4) is 0 Å². The Morgan fingerprint density at radius 3 is 2.38 bits per heavy atom. The van der Waals surface area contributed by atoms with Gasteiger partial charge in [0.15, 0.2) is 0 Å². The highest BCUT2D eigenvalue weighted by molar-refractivity contribution is 8.14. The summed E-state index contributed by atoms with van der Waals surface area (Å²) >= 11 is 1.01. The third kappa shape index (κ3) is 3.75. The summed E-state index contributed by atoms with van der Waals surface area (Å²) in [5.74, 6) is -0.767. The largest absolute Gasteiger partial charge is 0.465 e. The van der Waals surface area contributed by atoms with Crippen molar-refractivity contribution in [3.05, 3.63) is 35.4 Å². The highest BCUT2D eigenvalue weighted by Gasteiger charge is 2.41. The number of hydrogen-bond donors (Lipinski definition) is 1. The molecule has 1 N–H and O–H groups in total. The molecule has 1 saturated carbocycles. The van der Waals surface area contributed by atoms with Crippen LogP contribution in [-0.4, -0.2) is 52.9 Å². The van der Waals surface area contributed by atoms with E-state index in [9.17, 15) is 19.2 Å². The molecule has 1 aromatic carbocycles. The second kappa shape index (κ2) is 7.90. The molecule has 3 amide bonds. The van der Waals surface area contributed by atoms with E-state index in [1.54, 1.807) is 12.1 Å². The standard InChI is InChI=1S/C18H20N2O5S/c1-25-17(23)12-8-6-11(7-9-12)16(22)19-13-4-2-3-5-14(13)20-15(21)10-26-18(20)24/h6-9,13-14H,2-5,10H2,1H3,(H,19,22)/t13-,14+/m0/s1. The number of imide groups is 1. The number of benzene rings is 1. The smallest absolute Gasteiger partial charge is 0.337 e. The molecule has 2 fully saturated rings. The number of nitrogens with zero attached hydrogens (tertiary/aromatic N) is 1. The fourth-order valence-electron chi connectivity index (χ4n) is 3.40. The second-order valence-electron chi connectivity index (χ2n) is 6.32. The fourth-order valence-corrected chi connectivity index (χ4v) is 4.16. The Balaban J connectivity index is 1.71. The van der Waals surface area contributed by atoms with Crippen molar-refractivity contribution in [2.75, 3.05) is 12.9 Å². The molecule has 2 atom stereocenters. The van der Waals surface area contributed by atoms with Crippen LogP contribution < -0.4 is 5.32 Å². The van der Waals surface area contributed by atoms with E-state index >= 15 is 0 Å². The van der Waals surface area contributed by atoms with Gasteiger partial charge in [0.2, 0.25) is 5.91 Å². The number of carbonyl (C=O) groups is 4. The van der Waals surface area contributed by atoms with Gasteiger partial charge in [0.25, 0.3) is 11.1 Å². The normalized spacial score (nSPS) is 23.0. The van der Waals surface area contributed by atoms with Crippen molar-refractivity contribution in [2.45, 2.75) is 37.8 Å². The van der Waals surface area contributed by atoms with Crippen LogP contribution in [0.5, 0.6) is 0 Å². The lowest BCUT2D eigenvalue weighted by Crippen LogP contribution is -2.54. The van der Waals surface area contributed by atoms with E-state index < -0.39 is 5.97 Å². The Bertz CT molecular complexity index is 718. The Morgan fingerprint density at radius 2 is 1.77 bits per heavy atom. The maximum Gasteiger partial charge on any atom is 0.337 e. The van der Waals surface area contributed by atoms with Gasteiger partial charge in [-0.3, -0.25) is 19.3 Å². The highest BCUT2D eigenvalue weighted by Crippen LogP contribution is 2.30. The molecule has 0 radical (unpaired) electrons. The van der Waals surface area contributed by atoms with E-state index in [4.69, 9.17) is 0 Å². The van der Waals surface area contributed by atoms with Gasteiger partial charge in [-0.15, -0.1) is 0 Å². The lowest BCUT2D eigenvalue weighted by Gasteiger charge is -2.36. The summed E-state index contributed by atoms with van der Waals surface area (Å²) in [7, 11) is 1.30. The van der Waals surface area contributed by atoms with Crippen LogP contribution in [0.4, 0.5) is 4.79 Å². The minimum absolute atomic E-state index is 0.172. The van der Waals surface area contributed by atoms with Gasteiger partial charge >= 0.3 is 5.97 Å². The second-order valence-corrected chi connectivity index (χ2v) is 7.25. The molecule has 1 saturated heterocycles. The summed E-state index contributed by atoms with van der Waals surface area (Å²) < 4.78 is 4.64. The Kier molecular flexibility index (Phi) is 5.61. The first-order chi connectivity index (χ1) is 12.5. The molecule has 1 aliphatic heterocycles. The first kappa shape index (κ1) is 18.4. The zero-order chi connectivity index (χ0) is 18.7. The molecule has 3 rings (SSSR count). The van der Waals surface area contributed by atoms with Crippen molar-refractivity contribution in [2.24, 2.45) is 0 Å². The quantitative estimate of drug-likeness (QED) is 0.810. The van der Waals surface area contributed by atoms with Gasteiger partial charge in [0.1, 0.15) is 0 Å². The molecular weight excluding hydrogens is 356 g/mol. The van der Waals surface area contributed by atoms with E-state index in [2.05, 4.69) is 10.1 Å². The van der Waals surface area contributed by atoms with E-state index in [1.165, 1.54) is 24.1 Å². The van der Waals surface area contributed by atoms with Crippen molar-refractivity contribution >= 4 is 34.8 Å². The van der Waals surface area contributed by atoms with E-state index in [1.807, 2.05) is 0 Å². The zero-order valence-corrected chi connectivity index (χ0v) is 15.2. The van der Waals surface area contributed by atoms with Crippen LogP contribution in [0.2, 0.25) is 0 Å². The number of carbonyl (C=O) groups excluding carboxylic acids is 4. The summed E-state index contributed by atoms with van der Waals surface area (Å²) in [4.78, 5) is 49.4. The topological polar surface area (TPSA) is 92.8 Å². The van der Waals surface area contributed by atoms with Crippen molar-refractivity contribution in [1.82, 2.24) is 10.2 Å². The number of methoxy groups -OCH3 is 1. The fraction of sp³-hybridized carbons (Fsp3) is 0.444. The zero-order valence-electron chi connectivity index (χ0n) is 14.4. The predicted molar refractivity (Wildman–Crippen MR) is 96.0 cm³/mol. The average Bonchev–Trinajstić information content (AvgIpc) is 3.00. The number of thioether (sulfide) groups is 1. The highest BCUT2D eigenvalue weighted by atomic mass is 32.2. The van der Waals surface area contributed by atoms with E-state index in [0.29, 0.717) is 17.5 Å². The van der Waals surface area contributed by atoms with Crippen LogP contribution >= 0.6 is 11.8 Å². The van der Waals surface area contributed by atoms with Crippen molar-refractivity contribution in [1.29, 1.82) is 0 Å². The van der Waals surface area contributed by atoms with Crippen molar-refractivity contribution in [3.63, 3.8) is 0 Å². The molecule has 0 aromatic heterocycles. The predicted octanol–water partition coefficient (Wildman–Crippen LogP) is 2.21. The Labute approximate surface area is 155 Å². The lowest BCUT2D eigenvalue weighted by molar-refractivity contribution is -0.127. The Morgan fingerprint density at radius 1 is 1.12 bits per heavy atom. The van der Waals surface area contributed by atoms with Gasteiger partial charge < -0.3 is 10.1 Å². The molecule has 2 aliphatic rings. The summed E-state index contributed by atoms with van der Waals surface area (Å²) in [5, 5.41) is 2.72. The monoisotopic (exact) mass is 376 g/mol. The van der Waals surface area contributed by atoms with Crippen LogP contribution in [0.1, 0.15) is 46.4 Å². The molecule has 0 bridgehead atoms. The molecule has 0 unspecified atom stereocenters. The minimum Gasteiger partial charge on any atom is -0.465 e. The molecule has 26 heavy (non-hydrogen) atoms. The number of esters is 1. The van der Waals surface area contributed by atoms with Gasteiger partial charge in [-0.2, -0.15) is 0 Å². The summed E-state index contributed by atoms with van der Waals surface area (Å²) in [6.07, 6.45) is 3.28. The molecule has 7 nitrogen and oxygen atoms in total. The van der Waals surface area contributed by atoms with Gasteiger partial charge in [-0.25, -0.2) is 4.79 Å². The van der Waals surface area contributed by atoms with Gasteiger partial charge in [0.05, 0.1) is 30.5 Å². The molecular formula is C18H20N2O5S. The molecule has 1 aromatic rings. The van der Waals surface area contributed by atoms with Gasteiger partial charge in [-0.1, -0.05) is 24.6 Å². The molecule has 1 heterocycles. The first-order valence-corrected chi connectivity index (χ1v) is 9.48. The number of amides is 3. The number of rotatable bonds is 4. The summed E-state index contributed by atoms with van der Waals surface area (Å²) in [6.45, 7) is 0. The van der Waals surface area contributed by atoms with Crippen LogP contribution in [0.15, 0.2) is 24.3 Å². The van der Waals surface area contributed by atoms with Crippen molar-refractivity contribution in [3.8, 4) is 0 Å². The van der Waals surface area contributed by atoms with Gasteiger partial charge in [0, 0.05) is 5.56 Å². The van der Waals surface area contributed by atoms with Crippen LogP contribution in [0, 0.1) is 0 Å². The third-order valence-electron chi connectivity index (χ3n) is 4.73. The minimum atomic E-state index is -0.465. The molecule has 138 valence electrons. The number of hydrogen-bond acceptors (Lipinski definition) is 6. The first-order valence-electron chi connectivity index (χ1n) is 8.49. The van der Waals surface area contributed by atoms with Crippen LogP contribution in [-0.2, 0) is 9.53 Å². The van der Waals surface area contributed by atoms with E-state index in [-0.39, 0.29) is 34.9 Å². The van der Waals surface area contributed by atoms with Crippen LogP contribution in [0.25, 0.3) is 0 Å². The maximum absolute atomic E-state index is 12.6. The van der Waals surface area contributed by atoms with Crippen molar-refractivity contribution < 1.29 is 23.9 Å². The lowest BCUT2D eigenvalue weighted by atomic mass is 9.89. The third-order valence-corrected chi connectivity index (χ3v) is 5.57. The number of ether oxygens (including phenoxy) is 1. The van der Waals surface area contributed by atoms with E-state index in [0.717, 1.165) is 31.0 Å². The maximum atomic E-state index is 12.6. The summed E-state index contributed by atoms with van der Waals surface area (Å²) in [6, 6.07) is 5.62. The Hall–Kier alpha value is -2.35. The summed E-state index contributed by atoms with van der Waals surface area (Å²) in [5.41, 5.74) is 0.778. The number of nitrogens with one attached hydrogen (secondary N) is 1. The SMILES string of the molecule is COC(=O)c1ccc(C(=O)N[C@H]2CCCC[C@H]2N2C(=O)CSC2=O)cc1. The molecule has 8 heteroatoms. The van der Waals surface area contributed by atoms with Gasteiger partial charge in [-0.05, 0) is 37.1 Å². The average molecular weight is 376 g/mol. The molecule has 1 aliphatic carbocycles.